The molecule has 0 atom stereocenters. The van der Waals surface area contributed by atoms with Crippen LogP contribution in [-0.4, -0.2) is 41.0 Å². The minimum absolute atomic E-state index is 0.0329. The summed E-state index contributed by atoms with van der Waals surface area (Å²) in [6.45, 7) is 5.08. The zero-order valence-corrected chi connectivity index (χ0v) is 19.2. The highest BCUT2D eigenvalue weighted by atomic mass is 32.2. The van der Waals surface area contributed by atoms with Crippen LogP contribution in [0.3, 0.4) is 0 Å². The number of aromatic nitrogens is 1. The molecular weight excluding hydrogens is 422 g/mol. The minimum atomic E-state index is -0.0442. The normalized spacial score (nSPS) is 14.4. The molecule has 2 aromatic carbocycles. The fourth-order valence-electron chi connectivity index (χ4n) is 3.89. The summed E-state index contributed by atoms with van der Waals surface area (Å²) in [6.07, 6.45) is 1.49. The van der Waals surface area contributed by atoms with E-state index in [0.29, 0.717) is 30.0 Å². The Morgan fingerprint density at radius 2 is 1.75 bits per heavy atom. The Kier molecular flexibility index (Phi) is 6.95. The monoisotopic (exact) mass is 449 g/mol. The lowest BCUT2D eigenvalue weighted by Crippen LogP contribution is -2.46. The molecule has 0 unspecified atom stereocenters. The summed E-state index contributed by atoms with van der Waals surface area (Å²) in [5, 5.41) is 7.05. The highest BCUT2D eigenvalue weighted by Gasteiger charge is 2.26. The molecule has 2 heterocycles. The topological polar surface area (TPSA) is 75.4 Å². The minimum Gasteiger partial charge on any atom is -0.360 e. The average molecular weight is 450 g/mol. The third-order valence-corrected chi connectivity index (χ3v) is 6.77. The number of nitrogens with zero attached hydrogens (tertiary/aromatic N) is 2. The van der Waals surface area contributed by atoms with Gasteiger partial charge in [0.1, 0.15) is 5.76 Å². The Morgan fingerprint density at radius 1 is 1.06 bits per heavy atom. The number of nitrogens with one attached hydrogen (secondary N) is 1. The predicted molar refractivity (Wildman–Crippen MR) is 125 cm³/mol. The number of hydrogen-bond donors (Lipinski definition) is 1. The van der Waals surface area contributed by atoms with Gasteiger partial charge < -0.3 is 14.7 Å². The molecule has 4 rings (SSSR count). The quantitative estimate of drug-likeness (QED) is 0.556. The molecule has 1 fully saturated rings. The SMILES string of the molecule is Cc1cc(CSc2ccccc2C(=O)N2CCC(NC(=O)c3ccccc3C)CC2)on1. The van der Waals surface area contributed by atoms with Gasteiger partial charge in [0.25, 0.3) is 11.8 Å². The van der Waals surface area contributed by atoms with Crippen molar-refractivity contribution < 1.29 is 14.1 Å². The van der Waals surface area contributed by atoms with Crippen molar-refractivity contribution >= 4 is 23.6 Å². The summed E-state index contributed by atoms with van der Waals surface area (Å²) < 4.78 is 5.28. The molecule has 32 heavy (non-hydrogen) atoms. The molecule has 1 aromatic heterocycles. The van der Waals surface area contributed by atoms with Crippen LogP contribution in [0.4, 0.5) is 0 Å². The van der Waals surface area contributed by atoms with E-state index in [2.05, 4.69) is 10.5 Å². The first kappa shape index (κ1) is 22.1. The van der Waals surface area contributed by atoms with Crippen LogP contribution in [0.2, 0.25) is 0 Å². The number of thioether (sulfide) groups is 1. The van der Waals surface area contributed by atoms with Crippen molar-refractivity contribution in [1.29, 1.82) is 0 Å². The van der Waals surface area contributed by atoms with Crippen LogP contribution in [0.25, 0.3) is 0 Å². The molecule has 2 amide bonds. The van der Waals surface area contributed by atoms with Gasteiger partial charge in [0.2, 0.25) is 0 Å². The number of amides is 2. The van der Waals surface area contributed by atoms with E-state index >= 15 is 0 Å². The van der Waals surface area contributed by atoms with Gasteiger partial charge >= 0.3 is 0 Å². The van der Waals surface area contributed by atoms with Crippen molar-refractivity contribution in [1.82, 2.24) is 15.4 Å². The lowest BCUT2D eigenvalue weighted by atomic mass is 10.0. The van der Waals surface area contributed by atoms with Crippen molar-refractivity contribution in [3.8, 4) is 0 Å². The lowest BCUT2D eigenvalue weighted by Gasteiger charge is -2.33. The second-order valence-corrected chi connectivity index (χ2v) is 9.09. The third-order valence-electron chi connectivity index (χ3n) is 5.67. The number of benzene rings is 2. The average Bonchev–Trinajstić information content (AvgIpc) is 3.23. The van der Waals surface area contributed by atoms with Gasteiger partial charge in [0, 0.05) is 35.7 Å². The van der Waals surface area contributed by atoms with Gasteiger partial charge in [-0.2, -0.15) is 0 Å². The van der Waals surface area contributed by atoms with Gasteiger partial charge in [-0.25, -0.2) is 0 Å². The first-order chi connectivity index (χ1) is 15.5. The molecule has 166 valence electrons. The molecule has 0 saturated carbocycles. The molecule has 1 aliphatic rings. The number of carbonyl (C=O) groups is 2. The maximum absolute atomic E-state index is 13.2. The highest BCUT2D eigenvalue weighted by molar-refractivity contribution is 7.98. The maximum atomic E-state index is 13.2. The summed E-state index contributed by atoms with van der Waals surface area (Å²) >= 11 is 1.58. The predicted octanol–water partition coefficient (Wildman–Crippen LogP) is 4.62. The molecule has 0 spiro atoms. The molecule has 0 bridgehead atoms. The highest BCUT2D eigenvalue weighted by Crippen LogP contribution is 2.28. The maximum Gasteiger partial charge on any atom is 0.254 e. The van der Waals surface area contributed by atoms with Crippen LogP contribution in [0, 0.1) is 13.8 Å². The Bertz CT molecular complexity index is 1100. The molecular formula is C25H27N3O3S. The van der Waals surface area contributed by atoms with Crippen molar-refractivity contribution in [2.75, 3.05) is 13.1 Å². The number of hydrogen-bond acceptors (Lipinski definition) is 5. The van der Waals surface area contributed by atoms with E-state index in [1.165, 1.54) is 0 Å². The molecule has 6 nitrogen and oxygen atoms in total. The van der Waals surface area contributed by atoms with E-state index in [-0.39, 0.29) is 17.9 Å². The summed E-state index contributed by atoms with van der Waals surface area (Å²) in [6, 6.07) is 17.3. The summed E-state index contributed by atoms with van der Waals surface area (Å²) in [5.74, 6) is 1.40. The van der Waals surface area contributed by atoms with Gasteiger partial charge in [-0.1, -0.05) is 35.5 Å². The Hall–Kier alpha value is -3.06. The van der Waals surface area contributed by atoms with Crippen LogP contribution in [0.1, 0.15) is 50.6 Å². The van der Waals surface area contributed by atoms with Gasteiger partial charge in [-0.3, -0.25) is 9.59 Å². The first-order valence-corrected chi connectivity index (χ1v) is 11.8. The van der Waals surface area contributed by atoms with Crippen LogP contribution < -0.4 is 5.32 Å². The van der Waals surface area contributed by atoms with Crippen molar-refractivity contribution in [3.63, 3.8) is 0 Å². The van der Waals surface area contributed by atoms with Crippen LogP contribution in [0.5, 0.6) is 0 Å². The van der Waals surface area contributed by atoms with E-state index in [0.717, 1.165) is 34.8 Å². The number of rotatable bonds is 6. The van der Waals surface area contributed by atoms with Crippen LogP contribution in [0.15, 0.2) is 64.0 Å². The Labute approximate surface area is 192 Å². The lowest BCUT2D eigenvalue weighted by molar-refractivity contribution is 0.0694. The second-order valence-electron chi connectivity index (χ2n) is 8.07. The van der Waals surface area contributed by atoms with E-state index in [4.69, 9.17) is 4.52 Å². The van der Waals surface area contributed by atoms with Crippen LogP contribution >= 0.6 is 11.8 Å². The second kappa shape index (κ2) is 10.0. The van der Waals surface area contributed by atoms with E-state index in [1.807, 2.05) is 73.3 Å². The number of carbonyl (C=O) groups excluding carboxylic acids is 2. The van der Waals surface area contributed by atoms with Gasteiger partial charge in [0.05, 0.1) is 17.0 Å². The number of likely N-dealkylation sites (tertiary alicyclic amines) is 1. The Balaban J connectivity index is 1.34. The van der Waals surface area contributed by atoms with E-state index in [9.17, 15) is 9.59 Å². The van der Waals surface area contributed by atoms with Crippen LogP contribution in [-0.2, 0) is 5.75 Å². The smallest absolute Gasteiger partial charge is 0.254 e. The largest absolute Gasteiger partial charge is 0.360 e. The summed E-state index contributed by atoms with van der Waals surface area (Å²) in [5.41, 5.74) is 3.23. The van der Waals surface area contributed by atoms with Crippen molar-refractivity contribution in [2.24, 2.45) is 0 Å². The molecule has 7 heteroatoms. The molecule has 1 aliphatic heterocycles. The van der Waals surface area contributed by atoms with Gasteiger partial charge in [-0.15, -0.1) is 11.8 Å². The van der Waals surface area contributed by atoms with Crippen molar-refractivity contribution in [3.05, 3.63) is 82.7 Å². The zero-order chi connectivity index (χ0) is 22.5. The van der Waals surface area contributed by atoms with Gasteiger partial charge in [-0.05, 0) is 50.5 Å². The molecule has 3 aromatic rings. The number of piperidine rings is 1. The number of aryl methyl sites for hydroxylation is 2. The molecule has 0 aliphatic carbocycles. The first-order valence-electron chi connectivity index (χ1n) is 10.8. The fourth-order valence-corrected chi connectivity index (χ4v) is 4.81. The Morgan fingerprint density at radius 3 is 2.44 bits per heavy atom. The molecule has 1 N–H and O–H groups in total. The standard InChI is InChI=1S/C25H27N3O3S/c1-17-7-3-4-8-21(17)24(29)26-19-11-13-28(14-12-19)25(30)22-9-5-6-10-23(22)32-16-20-15-18(2)27-31-20/h3-10,15,19H,11-14,16H2,1-2H3,(H,26,29). The molecule has 0 radical (unpaired) electrons. The van der Waals surface area contributed by atoms with E-state index in [1.54, 1.807) is 11.8 Å². The zero-order valence-electron chi connectivity index (χ0n) is 18.3. The summed E-state index contributed by atoms with van der Waals surface area (Å²) in [7, 11) is 0. The molecule has 1 saturated heterocycles. The third kappa shape index (κ3) is 5.22. The van der Waals surface area contributed by atoms with Crippen molar-refractivity contribution in [2.45, 2.75) is 43.4 Å². The fraction of sp³-hybridized carbons (Fsp3) is 0.320. The summed E-state index contributed by atoms with van der Waals surface area (Å²) in [4.78, 5) is 28.6. The van der Waals surface area contributed by atoms with E-state index < -0.39 is 0 Å². The van der Waals surface area contributed by atoms with Gasteiger partial charge in [0.15, 0.2) is 0 Å².